The molecular formula is C22H15ClF3NO5S2. The molecule has 2 aromatic carbocycles. The van der Waals surface area contributed by atoms with Gasteiger partial charge in [-0.1, -0.05) is 23.7 Å². The molecule has 1 N–H and O–H groups in total. The number of hydrogen-bond donors (Lipinski definition) is 1. The Balaban J connectivity index is 1.73. The Kier molecular flexibility index (Phi) is 6.36. The lowest BCUT2D eigenvalue weighted by Gasteiger charge is -2.09. The van der Waals surface area contributed by atoms with E-state index < -0.39 is 28.1 Å². The Morgan fingerprint density at radius 1 is 1.12 bits per heavy atom. The van der Waals surface area contributed by atoms with Crippen LogP contribution in [-0.4, -0.2) is 29.8 Å². The second-order valence-corrected chi connectivity index (χ2v) is 10.8. The molecule has 0 amide bonds. The maximum atomic E-state index is 13.4. The Hall–Kier alpha value is -3.02. The van der Waals surface area contributed by atoms with E-state index in [0.29, 0.717) is 31.9 Å². The minimum Gasteiger partial charge on any atom is -0.481 e. The summed E-state index contributed by atoms with van der Waals surface area (Å²) >= 11 is 6.95. The molecule has 0 atom stereocenters. The Morgan fingerprint density at radius 2 is 1.88 bits per heavy atom. The highest BCUT2D eigenvalue weighted by Crippen LogP contribution is 2.36. The van der Waals surface area contributed by atoms with Gasteiger partial charge < -0.3 is 9.84 Å². The molecule has 4 aromatic rings. The zero-order chi connectivity index (χ0) is 24.7. The van der Waals surface area contributed by atoms with Gasteiger partial charge in [-0.05, 0) is 60.0 Å². The Bertz CT molecular complexity index is 1490. The van der Waals surface area contributed by atoms with Crippen LogP contribution in [0.2, 0.25) is 5.02 Å². The van der Waals surface area contributed by atoms with Gasteiger partial charge in [0.05, 0.1) is 5.52 Å². The standard InChI is InChI=1S/C22H15ClF3NO5S2/c23-15-5-6-18-17(11-15)14(4-8-20(28)29)12-27(18)34(30,31)21-9-7-19(33-21)13-2-1-3-16(10-13)32-22(24,25)26/h1-3,5-7,9-12H,4,8H2,(H,28,29). The normalized spacial score (nSPS) is 12.2. The summed E-state index contributed by atoms with van der Waals surface area (Å²) in [5.74, 6) is -1.44. The van der Waals surface area contributed by atoms with E-state index in [1.165, 1.54) is 42.6 Å². The van der Waals surface area contributed by atoms with Crippen LogP contribution in [-0.2, 0) is 21.2 Å². The number of hydrogen-bond acceptors (Lipinski definition) is 5. The van der Waals surface area contributed by atoms with Gasteiger partial charge in [0, 0.05) is 27.9 Å². The third-order valence-electron chi connectivity index (χ3n) is 4.87. The number of carboxylic acids is 1. The maximum absolute atomic E-state index is 13.4. The molecule has 2 heterocycles. The molecule has 6 nitrogen and oxygen atoms in total. The highest BCUT2D eigenvalue weighted by Gasteiger charge is 2.31. The summed E-state index contributed by atoms with van der Waals surface area (Å²) in [4.78, 5) is 11.4. The fourth-order valence-corrected chi connectivity index (χ4v) is 6.39. The minimum atomic E-state index is -4.85. The van der Waals surface area contributed by atoms with Gasteiger partial charge in [-0.15, -0.1) is 24.5 Å². The Morgan fingerprint density at radius 3 is 2.59 bits per heavy atom. The van der Waals surface area contributed by atoms with Gasteiger partial charge in [-0.2, -0.15) is 8.42 Å². The Labute approximate surface area is 200 Å². The predicted octanol–water partition coefficient (Wildman–Crippen LogP) is 6.18. The molecule has 34 heavy (non-hydrogen) atoms. The van der Waals surface area contributed by atoms with Gasteiger partial charge in [-0.25, -0.2) is 3.97 Å². The second kappa shape index (κ2) is 8.97. The minimum absolute atomic E-state index is 0.0405. The smallest absolute Gasteiger partial charge is 0.481 e. The zero-order valence-electron chi connectivity index (χ0n) is 17.0. The van der Waals surface area contributed by atoms with Crippen molar-refractivity contribution < 1.29 is 36.2 Å². The summed E-state index contributed by atoms with van der Waals surface area (Å²) in [5, 5.41) is 9.91. The summed E-state index contributed by atoms with van der Waals surface area (Å²) in [6, 6.07) is 12.7. The number of carbonyl (C=O) groups is 1. The van der Waals surface area contributed by atoms with E-state index in [9.17, 15) is 26.4 Å². The van der Waals surface area contributed by atoms with Crippen molar-refractivity contribution >= 4 is 49.8 Å². The number of aryl methyl sites for hydroxylation is 1. The van der Waals surface area contributed by atoms with Crippen molar-refractivity contribution in [2.45, 2.75) is 23.4 Å². The topological polar surface area (TPSA) is 85.6 Å². The first kappa shape index (κ1) is 24.1. The van der Waals surface area contributed by atoms with Crippen molar-refractivity contribution in [3.05, 3.63) is 71.4 Å². The van der Waals surface area contributed by atoms with Crippen molar-refractivity contribution in [3.63, 3.8) is 0 Å². The lowest BCUT2D eigenvalue weighted by Crippen LogP contribution is -2.17. The van der Waals surface area contributed by atoms with E-state index in [0.717, 1.165) is 21.4 Å². The fraction of sp³-hybridized carbons (Fsp3) is 0.136. The summed E-state index contributed by atoms with van der Waals surface area (Å²) < 4.78 is 69.4. The number of rotatable bonds is 7. The van der Waals surface area contributed by atoms with E-state index in [2.05, 4.69) is 4.74 Å². The van der Waals surface area contributed by atoms with Crippen LogP contribution in [0.5, 0.6) is 5.75 Å². The van der Waals surface area contributed by atoms with Crippen LogP contribution in [0.15, 0.2) is 65.0 Å². The van der Waals surface area contributed by atoms with Crippen LogP contribution in [0.25, 0.3) is 21.3 Å². The molecule has 0 fully saturated rings. The number of carboxylic acid groups (broad SMARTS) is 1. The quantitative estimate of drug-likeness (QED) is 0.309. The largest absolute Gasteiger partial charge is 0.573 e. The van der Waals surface area contributed by atoms with Gasteiger partial charge in [0.1, 0.15) is 9.96 Å². The average Bonchev–Trinajstić information content (AvgIpc) is 3.37. The summed E-state index contributed by atoms with van der Waals surface area (Å²) in [6.45, 7) is 0. The number of nitrogens with zero attached hydrogens (tertiary/aromatic N) is 1. The molecule has 0 spiro atoms. The molecule has 0 radical (unpaired) electrons. The molecule has 0 unspecified atom stereocenters. The molecule has 2 aromatic heterocycles. The van der Waals surface area contributed by atoms with Crippen LogP contribution >= 0.6 is 22.9 Å². The number of ether oxygens (including phenoxy) is 1. The number of alkyl halides is 3. The van der Waals surface area contributed by atoms with Crippen LogP contribution in [0.3, 0.4) is 0 Å². The second-order valence-electron chi connectivity index (χ2n) is 7.20. The number of aromatic nitrogens is 1. The molecule has 0 aliphatic carbocycles. The first-order valence-corrected chi connectivity index (χ1v) is 12.3. The van der Waals surface area contributed by atoms with Crippen molar-refractivity contribution in [1.29, 1.82) is 0 Å². The summed E-state index contributed by atoms with van der Waals surface area (Å²) in [7, 11) is -4.09. The van der Waals surface area contributed by atoms with Gasteiger partial charge in [-0.3, -0.25) is 4.79 Å². The van der Waals surface area contributed by atoms with E-state index in [-0.39, 0.29) is 17.1 Å². The molecule has 12 heteroatoms. The van der Waals surface area contributed by atoms with Gasteiger partial charge >= 0.3 is 12.3 Å². The maximum Gasteiger partial charge on any atom is 0.573 e. The molecule has 0 saturated carbocycles. The first-order valence-electron chi connectivity index (χ1n) is 9.67. The SMILES string of the molecule is O=C(O)CCc1cn(S(=O)(=O)c2ccc(-c3cccc(OC(F)(F)F)c3)s2)c2ccc(Cl)cc12. The lowest BCUT2D eigenvalue weighted by atomic mass is 10.1. The number of thiophene rings is 1. The average molecular weight is 530 g/mol. The highest BCUT2D eigenvalue weighted by atomic mass is 35.5. The zero-order valence-corrected chi connectivity index (χ0v) is 19.4. The fourth-order valence-electron chi connectivity index (χ4n) is 3.44. The molecule has 0 aliphatic rings. The van der Waals surface area contributed by atoms with Crippen molar-refractivity contribution in [2.75, 3.05) is 0 Å². The molecule has 0 saturated heterocycles. The third kappa shape index (κ3) is 5.06. The highest BCUT2D eigenvalue weighted by molar-refractivity contribution is 7.92. The number of fused-ring (bicyclic) bond motifs is 1. The molecular weight excluding hydrogens is 515 g/mol. The first-order chi connectivity index (χ1) is 15.9. The molecule has 0 aliphatic heterocycles. The van der Waals surface area contributed by atoms with Crippen molar-refractivity contribution in [2.24, 2.45) is 0 Å². The molecule has 0 bridgehead atoms. The summed E-state index contributed by atoms with van der Waals surface area (Å²) in [5.41, 5.74) is 1.21. The predicted molar refractivity (Wildman–Crippen MR) is 122 cm³/mol. The van der Waals surface area contributed by atoms with Crippen LogP contribution < -0.4 is 4.74 Å². The van der Waals surface area contributed by atoms with Gasteiger partial charge in [0.25, 0.3) is 10.0 Å². The van der Waals surface area contributed by atoms with Crippen LogP contribution in [0.1, 0.15) is 12.0 Å². The summed E-state index contributed by atoms with van der Waals surface area (Å²) in [6.07, 6.45) is -3.56. The van der Waals surface area contributed by atoms with Crippen molar-refractivity contribution in [1.82, 2.24) is 3.97 Å². The number of benzene rings is 2. The molecule has 178 valence electrons. The third-order valence-corrected chi connectivity index (χ3v) is 8.38. The van der Waals surface area contributed by atoms with E-state index >= 15 is 0 Å². The van der Waals surface area contributed by atoms with E-state index in [1.54, 1.807) is 12.1 Å². The monoisotopic (exact) mass is 529 g/mol. The number of aliphatic carboxylic acids is 1. The lowest BCUT2D eigenvalue weighted by molar-refractivity contribution is -0.274. The van der Waals surface area contributed by atoms with Gasteiger partial charge in [0.15, 0.2) is 0 Å². The number of halogens is 4. The van der Waals surface area contributed by atoms with Gasteiger partial charge in [0.2, 0.25) is 0 Å². The van der Waals surface area contributed by atoms with E-state index in [4.69, 9.17) is 16.7 Å². The van der Waals surface area contributed by atoms with E-state index in [1.807, 2.05) is 0 Å². The van der Waals surface area contributed by atoms with Crippen LogP contribution in [0, 0.1) is 0 Å². The van der Waals surface area contributed by atoms with Crippen molar-refractivity contribution in [3.8, 4) is 16.2 Å². The molecule has 4 rings (SSSR count). The van der Waals surface area contributed by atoms with Crippen LogP contribution in [0.4, 0.5) is 13.2 Å².